The fourth-order valence-electron chi connectivity index (χ4n) is 3.78. The maximum absolute atomic E-state index is 14.2. The number of thioether (sulfide) groups is 1. The summed E-state index contributed by atoms with van der Waals surface area (Å²) in [6.07, 6.45) is 4.32. The molecule has 0 amide bonds. The van der Waals surface area contributed by atoms with Crippen LogP contribution in [-0.2, 0) is 6.42 Å². The van der Waals surface area contributed by atoms with Gasteiger partial charge in [0.1, 0.15) is 17.3 Å². The van der Waals surface area contributed by atoms with Crippen molar-refractivity contribution < 1.29 is 9.13 Å². The molecule has 1 unspecified atom stereocenters. The van der Waals surface area contributed by atoms with Crippen LogP contribution in [0.2, 0.25) is 0 Å². The highest BCUT2D eigenvalue weighted by atomic mass is 32.2. The highest BCUT2D eigenvalue weighted by Gasteiger charge is 2.28. The van der Waals surface area contributed by atoms with E-state index in [2.05, 4.69) is 26.8 Å². The number of fused-ring (bicyclic) bond motifs is 1. The van der Waals surface area contributed by atoms with Gasteiger partial charge in [0.2, 0.25) is 5.95 Å². The molecule has 0 aliphatic carbocycles. The van der Waals surface area contributed by atoms with Crippen molar-refractivity contribution in [3.05, 3.63) is 59.9 Å². The van der Waals surface area contributed by atoms with Crippen molar-refractivity contribution in [2.75, 3.05) is 29.6 Å². The van der Waals surface area contributed by atoms with E-state index in [1.54, 1.807) is 6.20 Å². The molecule has 3 aromatic rings. The first-order valence-electron chi connectivity index (χ1n) is 10.1. The molecule has 154 valence electrons. The average Bonchev–Trinajstić information content (AvgIpc) is 2.73. The zero-order valence-electron chi connectivity index (χ0n) is 16.7. The van der Waals surface area contributed by atoms with Gasteiger partial charge in [0.25, 0.3) is 0 Å². The number of ether oxygens (including phenoxy) is 1. The highest BCUT2D eigenvalue weighted by Crippen LogP contribution is 2.34. The van der Waals surface area contributed by atoms with Crippen LogP contribution in [0.1, 0.15) is 24.2 Å². The lowest BCUT2D eigenvalue weighted by molar-refractivity contribution is 0.268. The minimum Gasteiger partial charge on any atom is -0.493 e. The van der Waals surface area contributed by atoms with Crippen LogP contribution in [0.3, 0.4) is 0 Å². The monoisotopic (exact) mass is 423 g/mol. The molecule has 5 heterocycles. The fraction of sp³-hybridized carbons (Fsp3) is 0.364. The molecular formula is C22H22FN5OS. The maximum atomic E-state index is 14.2. The third kappa shape index (κ3) is 3.84. The topological polar surface area (TPSA) is 64.0 Å². The number of rotatable bonds is 5. The van der Waals surface area contributed by atoms with E-state index in [0.29, 0.717) is 36.5 Å². The van der Waals surface area contributed by atoms with Crippen LogP contribution in [0.15, 0.2) is 42.7 Å². The smallest absolute Gasteiger partial charge is 0.218 e. The number of pyridine rings is 2. The Balaban J connectivity index is 1.38. The molecule has 1 fully saturated rings. The quantitative estimate of drug-likeness (QED) is 0.576. The molecule has 6 nitrogen and oxygen atoms in total. The van der Waals surface area contributed by atoms with Gasteiger partial charge in [-0.2, -0.15) is 16.2 Å². The Morgan fingerprint density at radius 3 is 2.87 bits per heavy atom. The molecule has 3 aromatic heterocycles. The molecule has 2 aliphatic rings. The van der Waals surface area contributed by atoms with Gasteiger partial charge in [0.05, 0.1) is 18.3 Å². The van der Waals surface area contributed by atoms with Crippen LogP contribution in [0, 0.1) is 11.9 Å². The first kappa shape index (κ1) is 19.2. The van der Waals surface area contributed by atoms with Crippen molar-refractivity contribution in [1.82, 2.24) is 19.9 Å². The minimum atomic E-state index is -0.523. The number of halogens is 1. The summed E-state index contributed by atoms with van der Waals surface area (Å²) in [6.45, 7) is 3.39. The van der Waals surface area contributed by atoms with Crippen molar-refractivity contribution >= 4 is 17.6 Å². The van der Waals surface area contributed by atoms with Gasteiger partial charge in [0, 0.05) is 60.5 Å². The van der Waals surface area contributed by atoms with E-state index in [1.165, 1.54) is 6.07 Å². The molecule has 30 heavy (non-hydrogen) atoms. The molecule has 0 bridgehead atoms. The van der Waals surface area contributed by atoms with Gasteiger partial charge in [-0.15, -0.1) is 0 Å². The Bertz CT molecular complexity index is 1050. The van der Waals surface area contributed by atoms with Crippen molar-refractivity contribution in [2.24, 2.45) is 5.92 Å². The van der Waals surface area contributed by atoms with E-state index in [9.17, 15) is 4.39 Å². The van der Waals surface area contributed by atoms with Gasteiger partial charge >= 0.3 is 0 Å². The summed E-state index contributed by atoms with van der Waals surface area (Å²) in [7, 11) is 0. The summed E-state index contributed by atoms with van der Waals surface area (Å²) in [6, 6.07) is 8.88. The summed E-state index contributed by atoms with van der Waals surface area (Å²) in [4.78, 5) is 19.8. The molecule has 0 aromatic carbocycles. The number of aromatic nitrogens is 4. The van der Waals surface area contributed by atoms with Crippen molar-refractivity contribution in [3.8, 4) is 17.3 Å². The summed E-state index contributed by atoms with van der Waals surface area (Å²) in [5, 5.41) is 0. The molecule has 0 saturated carbocycles. The average molecular weight is 424 g/mol. The predicted molar refractivity (Wildman–Crippen MR) is 115 cm³/mol. The van der Waals surface area contributed by atoms with Crippen LogP contribution in [0.4, 0.5) is 10.2 Å². The van der Waals surface area contributed by atoms with Gasteiger partial charge < -0.3 is 9.64 Å². The Kier molecular flexibility index (Phi) is 5.25. The van der Waals surface area contributed by atoms with E-state index in [4.69, 9.17) is 9.72 Å². The van der Waals surface area contributed by atoms with Crippen LogP contribution in [0.5, 0.6) is 5.75 Å². The molecule has 1 saturated heterocycles. The normalized spacial score (nSPS) is 18.6. The molecule has 0 spiro atoms. The lowest BCUT2D eigenvalue weighted by Gasteiger charge is -2.35. The van der Waals surface area contributed by atoms with Crippen molar-refractivity contribution in [2.45, 2.75) is 19.4 Å². The molecule has 1 atom stereocenters. The Morgan fingerprint density at radius 1 is 1.20 bits per heavy atom. The molecule has 5 rings (SSSR count). The summed E-state index contributed by atoms with van der Waals surface area (Å²) in [5.74, 6) is 4.01. The first-order valence-corrected chi connectivity index (χ1v) is 11.2. The first-order chi connectivity index (χ1) is 14.7. The van der Waals surface area contributed by atoms with Crippen LogP contribution < -0.4 is 9.64 Å². The fourth-order valence-corrected chi connectivity index (χ4v) is 4.54. The van der Waals surface area contributed by atoms with Gasteiger partial charge in [-0.3, -0.25) is 4.98 Å². The second-order valence-electron chi connectivity index (χ2n) is 7.63. The Morgan fingerprint density at radius 2 is 2.10 bits per heavy atom. The second-order valence-corrected chi connectivity index (χ2v) is 8.70. The Labute approximate surface area is 178 Å². The third-order valence-electron chi connectivity index (χ3n) is 5.54. The van der Waals surface area contributed by atoms with Crippen LogP contribution in [-0.4, -0.2) is 44.6 Å². The standard InChI is InChI=1S/C22H22FN5OS/c1-14-17-10-25-22(19-4-2-3-6-24-19)26-18(17)5-7-28(14)21-9-16(8-20(23)27-21)29-11-15-12-30-13-15/h2-4,6,8-10,14-15H,5,7,11-13H2,1H3. The summed E-state index contributed by atoms with van der Waals surface area (Å²) >= 11 is 1.91. The lowest BCUT2D eigenvalue weighted by atomic mass is 9.99. The molecular weight excluding hydrogens is 401 g/mol. The second kappa shape index (κ2) is 8.18. The van der Waals surface area contributed by atoms with Gasteiger partial charge in [-0.1, -0.05) is 6.07 Å². The summed E-state index contributed by atoms with van der Waals surface area (Å²) < 4.78 is 20.1. The van der Waals surface area contributed by atoms with Crippen LogP contribution >= 0.6 is 11.8 Å². The SMILES string of the molecule is CC1c2cnc(-c3ccccn3)nc2CCN1c1cc(OCC2CSC2)cc(F)n1. The van der Waals surface area contributed by atoms with Gasteiger partial charge in [0.15, 0.2) is 5.82 Å². The van der Waals surface area contributed by atoms with Crippen molar-refractivity contribution in [3.63, 3.8) is 0 Å². The number of anilines is 1. The highest BCUT2D eigenvalue weighted by molar-refractivity contribution is 8.00. The van der Waals surface area contributed by atoms with E-state index in [-0.39, 0.29) is 6.04 Å². The number of hydrogen-bond acceptors (Lipinski definition) is 7. The van der Waals surface area contributed by atoms with E-state index >= 15 is 0 Å². The van der Waals surface area contributed by atoms with E-state index in [1.807, 2.05) is 42.2 Å². The van der Waals surface area contributed by atoms with Gasteiger partial charge in [-0.25, -0.2) is 15.0 Å². The number of hydrogen-bond donors (Lipinski definition) is 0. The van der Waals surface area contributed by atoms with E-state index in [0.717, 1.165) is 34.9 Å². The lowest BCUT2D eigenvalue weighted by Crippen LogP contribution is -2.35. The zero-order chi connectivity index (χ0) is 20.5. The largest absolute Gasteiger partial charge is 0.493 e. The van der Waals surface area contributed by atoms with Crippen LogP contribution in [0.25, 0.3) is 11.5 Å². The summed E-state index contributed by atoms with van der Waals surface area (Å²) in [5.41, 5.74) is 2.79. The molecule has 0 radical (unpaired) electrons. The molecule has 0 N–H and O–H groups in total. The number of nitrogens with zero attached hydrogens (tertiary/aromatic N) is 5. The third-order valence-corrected chi connectivity index (χ3v) is 6.96. The van der Waals surface area contributed by atoms with E-state index < -0.39 is 5.95 Å². The Hall–Kier alpha value is -2.74. The molecule has 2 aliphatic heterocycles. The van der Waals surface area contributed by atoms with Crippen molar-refractivity contribution in [1.29, 1.82) is 0 Å². The minimum absolute atomic E-state index is 0.0169. The maximum Gasteiger partial charge on any atom is 0.218 e. The van der Waals surface area contributed by atoms with Gasteiger partial charge in [-0.05, 0) is 19.1 Å². The zero-order valence-corrected chi connectivity index (χ0v) is 17.5. The predicted octanol–water partition coefficient (Wildman–Crippen LogP) is 3.94. The molecule has 8 heteroatoms.